The molecule has 0 spiro atoms. The van der Waals surface area contributed by atoms with Crippen LogP contribution >= 0.6 is 0 Å². The maximum atomic E-state index is 12.1. The molecule has 2 rings (SSSR count). The minimum Gasteiger partial charge on any atom is -0.507 e. The Morgan fingerprint density at radius 2 is 2.26 bits per heavy atom. The maximum absolute atomic E-state index is 12.1. The Labute approximate surface area is 113 Å². The van der Waals surface area contributed by atoms with Crippen LogP contribution in [0.15, 0.2) is 18.2 Å². The van der Waals surface area contributed by atoms with Crippen molar-refractivity contribution < 1.29 is 14.6 Å². The normalized spacial score (nSPS) is 15.9. The second kappa shape index (κ2) is 5.95. The summed E-state index contributed by atoms with van der Waals surface area (Å²) in [4.78, 5) is 12.1. The van der Waals surface area contributed by atoms with Crippen molar-refractivity contribution in [1.82, 2.24) is 5.32 Å². The SMILES string of the molecule is CCC(CC1CC1)NC(=O)c1ccc(OC)cc1O. The molecule has 19 heavy (non-hydrogen) atoms. The largest absolute Gasteiger partial charge is 0.507 e. The van der Waals surface area contributed by atoms with Gasteiger partial charge >= 0.3 is 0 Å². The topological polar surface area (TPSA) is 58.6 Å². The Balaban J connectivity index is 2.01. The van der Waals surface area contributed by atoms with Gasteiger partial charge in [0.2, 0.25) is 0 Å². The number of carbonyl (C=O) groups is 1. The molecule has 0 radical (unpaired) electrons. The first-order valence-electron chi connectivity index (χ1n) is 6.82. The van der Waals surface area contributed by atoms with E-state index in [-0.39, 0.29) is 17.7 Å². The molecule has 1 aromatic carbocycles. The molecular weight excluding hydrogens is 242 g/mol. The highest BCUT2D eigenvalue weighted by atomic mass is 16.5. The quantitative estimate of drug-likeness (QED) is 0.829. The molecule has 1 unspecified atom stereocenters. The monoisotopic (exact) mass is 263 g/mol. The number of nitrogens with one attached hydrogen (secondary N) is 1. The number of amides is 1. The van der Waals surface area contributed by atoms with Crippen molar-refractivity contribution >= 4 is 5.91 Å². The molecule has 1 fully saturated rings. The number of phenolic OH excluding ortho intramolecular Hbond substituents is 1. The van der Waals surface area contributed by atoms with E-state index in [2.05, 4.69) is 12.2 Å². The van der Waals surface area contributed by atoms with E-state index in [1.165, 1.54) is 26.0 Å². The standard InChI is InChI=1S/C15H21NO3/c1-3-11(8-10-4-5-10)16-15(18)13-7-6-12(19-2)9-14(13)17/h6-7,9-11,17H,3-5,8H2,1-2H3,(H,16,18). The van der Waals surface area contributed by atoms with Gasteiger partial charge in [0, 0.05) is 12.1 Å². The van der Waals surface area contributed by atoms with Crippen molar-refractivity contribution in [2.24, 2.45) is 5.92 Å². The third-order valence-electron chi connectivity index (χ3n) is 3.59. The first kappa shape index (κ1) is 13.7. The Morgan fingerprint density at radius 3 is 2.79 bits per heavy atom. The lowest BCUT2D eigenvalue weighted by Crippen LogP contribution is -2.34. The fraction of sp³-hybridized carbons (Fsp3) is 0.533. The average Bonchev–Trinajstić information content (AvgIpc) is 3.21. The first-order valence-corrected chi connectivity index (χ1v) is 6.82. The summed E-state index contributed by atoms with van der Waals surface area (Å²) in [5, 5.41) is 12.8. The summed E-state index contributed by atoms with van der Waals surface area (Å²) in [6, 6.07) is 4.92. The van der Waals surface area contributed by atoms with Crippen LogP contribution in [-0.4, -0.2) is 24.2 Å². The number of hydrogen-bond donors (Lipinski definition) is 2. The van der Waals surface area contributed by atoms with E-state index >= 15 is 0 Å². The van der Waals surface area contributed by atoms with Crippen LogP contribution in [0.1, 0.15) is 43.0 Å². The Hall–Kier alpha value is -1.71. The zero-order chi connectivity index (χ0) is 13.8. The number of carbonyl (C=O) groups excluding carboxylic acids is 1. The van der Waals surface area contributed by atoms with Crippen LogP contribution in [0.4, 0.5) is 0 Å². The Morgan fingerprint density at radius 1 is 1.53 bits per heavy atom. The van der Waals surface area contributed by atoms with Gasteiger partial charge in [-0.1, -0.05) is 19.8 Å². The van der Waals surface area contributed by atoms with Gasteiger partial charge < -0.3 is 15.2 Å². The molecule has 1 atom stereocenters. The second-order valence-corrected chi connectivity index (χ2v) is 5.14. The summed E-state index contributed by atoms with van der Waals surface area (Å²) in [6.07, 6.45) is 4.51. The summed E-state index contributed by atoms with van der Waals surface area (Å²) in [5.41, 5.74) is 0.301. The molecule has 1 aliphatic carbocycles. The minimum atomic E-state index is -0.215. The molecule has 0 aliphatic heterocycles. The van der Waals surface area contributed by atoms with Crippen LogP contribution < -0.4 is 10.1 Å². The third kappa shape index (κ3) is 3.63. The smallest absolute Gasteiger partial charge is 0.255 e. The van der Waals surface area contributed by atoms with Crippen LogP contribution in [0.2, 0.25) is 0 Å². The van der Waals surface area contributed by atoms with Gasteiger partial charge in [-0.3, -0.25) is 4.79 Å². The van der Waals surface area contributed by atoms with E-state index in [1.807, 2.05) is 0 Å². The fourth-order valence-corrected chi connectivity index (χ4v) is 2.18. The highest BCUT2D eigenvalue weighted by Crippen LogP contribution is 2.34. The number of ether oxygens (including phenoxy) is 1. The molecule has 1 aromatic rings. The summed E-state index contributed by atoms with van der Waals surface area (Å²) >= 11 is 0. The minimum absolute atomic E-state index is 0.0434. The van der Waals surface area contributed by atoms with Gasteiger partial charge in [-0.15, -0.1) is 0 Å². The van der Waals surface area contributed by atoms with E-state index in [0.29, 0.717) is 11.3 Å². The molecule has 0 aromatic heterocycles. The summed E-state index contributed by atoms with van der Waals surface area (Å²) in [6.45, 7) is 2.07. The van der Waals surface area contributed by atoms with Gasteiger partial charge in [0.05, 0.1) is 12.7 Å². The summed E-state index contributed by atoms with van der Waals surface area (Å²) in [7, 11) is 1.53. The second-order valence-electron chi connectivity index (χ2n) is 5.14. The predicted octanol–water partition coefficient (Wildman–Crippen LogP) is 2.71. The van der Waals surface area contributed by atoms with Crippen molar-refractivity contribution in [2.75, 3.05) is 7.11 Å². The molecule has 1 amide bonds. The van der Waals surface area contributed by atoms with Crippen LogP contribution in [0.3, 0.4) is 0 Å². The summed E-state index contributed by atoms with van der Waals surface area (Å²) < 4.78 is 5.00. The van der Waals surface area contributed by atoms with Gasteiger partial charge in [0.25, 0.3) is 5.91 Å². The van der Waals surface area contributed by atoms with Crippen molar-refractivity contribution in [1.29, 1.82) is 0 Å². The van der Waals surface area contributed by atoms with Crippen molar-refractivity contribution in [2.45, 2.75) is 38.6 Å². The highest BCUT2D eigenvalue weighted by molar-refractivity contribution is 5.97. The molecule has 4 heteroatoms. The zero-order valence-corrected chi connectivity index (χ0v) is 11.5. The van der Waals surface area contributed by atoms with E-state index in [0.717, 1.165) is 18.8 Å². The molecule has 104 valence electrons. The van der Waals surface area contributed by atoms with Gasteiger partial charge in [0.1, 0.15) is 11.5 Å². The van der Waals surface area contributed by atoms with E-state index < -0.39 is 0 Å². The van der Waals surface area contributed by atoms with E-state index in [9.17, 15) is 9.90 Å². The lowest BCUT2D eigenvalue weighted by molar-refractivity contribution is 0.0930. The molecule has 0 bridgehead atoms. The third-order valence-corrected chi connectivity index (χ3v) is 3.59. The number of hydrogen-bond acceptors (Lipinski definition) is 3. The van der Waals surface area contributed by atoms with Gasteiger partial charge in [-0.2, -0.15) is 0 Å². The molecule has 1 aliphatic rings. The molecule has 0 saturated heterocycles. The van der Waals surface area contributed by atoms with Crippen molar-refractivity contribution in [3.05, 3.63) is 23.8 Å². The van der Waals surface area contributed by atoms with Crippen LogP contribution in [-0.2, 0) is 0 Å². The maximum Gasteiger partial charge on any atom is 0.255 e. The van der Waals surface area contributed by atoms with E-state index in [1.54, 1.807) is 12.1 Å². The molecule has 0 heterocycles. The van der Waals surface area contributed by atoms with Gasteiger partial charge in [0.15, 0.2) is 0 Å². The lowest BCUT2D eigenvalue weighted by Gasteiger charge is -2.17. The van der Waals surface area contributed by atoms with Crippen LogP contribution in [0, 0.1) is 5.92 Å². The molecular formula is C15H21NO3. The predicted molar refractivity (Wildman–Crippen MR) is 73.5 cm³/mol. The van der Waals surface area contributed by atoms with Crippen molar-refractivity contribution in [3.63, 3.8) is 0 Å². The fourth-order valence-electron chi connectivity index (χ4n) is 2.18. The first-order chi connectivity index (χ1) is 9.13. The number of rotatable bonds is 6. The molecule has 2 N–H and O–H groups in total. The van der Waals surface area contributed by atoms with Crippen LogP contribution in [0.25, 0.3) is 0 Å². The number of benzene rings is 1. The summed E-state index contributed by atoms with van der Waals surface area (Å²) in [5.74, 6) is 1.06. The van der Waals surface area contributed by atoms with E-state index in [4.69, 9.17) is 4.74 Å². The lowest BCUT2D eigenvalue weighted by atomic mass is 10.1. The molecule has 1 saturated carbocycles. The number of aromatic hydroxyl groups is 1. The Bertz CT molecular complexity index is 455. The van der Waals surface area contributed by atoms with Crippen molar-refractivity contribution in [3.8, 4) is 11.5 Å². The van der Waals surface area contributed by atoms with Crippen LogP contribution in [0.5, 0.6) is 11.5 Å². The molecule has 4 nitrogen and oxygen atoms in total. The average molecular weight is 263 g/mol. The Kier molecular flexibility index (Phi) is 4.30. The van der Waals surface area contributed by atoms with Gasteiger partial charge in [-0.25, -0.2) is 0 Å². The zero-order valence-electron chi connectivity index (χ0n) is 11.5. The highest BCUT2D eigenvalue weighted by Gasteiger charge is 2.26. The number of methoxy groups -OCH3 is 1. The number of phenols is 1. The van der Waals surface area contributed by atoms with Gasteiger partial charge in [-0.05, 0) is 30.9 Å².